The van der Waals surface area contributed by atoms with Crippen LogP contribution in [0.25, 0.3) is 0 Å². The van der Waals surface area contributed by atoms with E-state index in [-0.39, 0.29) is 5.41 Å². The van der Waals surface area contributed by atoms with Crippen LogP contribution in [0.4, 0.5) is 0 Å². The molecule has 1 saturated carbocycles. The Morgan fingerprint density at radius 2 is 1.36 bits per heavy atom. The van der Waals surface area contributed by atoms with Crippen LogP contribution in [0.5, 0.6) is 0 Å². The third kappa shape index (κ3) is 3.67. The van der Waals surface area contributed by atoms with Crippen molar-refractivity contribution >= 4 is 17.8 Å². The largest absolute Gasteiger partial charge is 0.313 e. The first-order chi connectivity index (χ1) is 13.1. The normalized spacial score (nSPS) is 25.6. The molecule has 0 bridgehead atoms. The van der Waals surface area contributed by atoms with E-state index in [2.05, 4.69) is 47.6 Å². The van der Waals surface area contributed by atoms with E-state index in [0.29, 0.717) is 23.4 Å². The Hall–Kier alpha value is -1.59. The monoisotopic (exact) mass is 394 g/mol. The van der Waals surface area contributed by atoms with Crippen LogP contribution in [0.15, 0.2) is 72.3 Å². The zero-order valence-electron chi connectivity index (χ0n) is 18.3. The van der Waals surface area contributed by atoms with Gasteiger partial charge < -0.3 is 4.57 Å². The minimum Gasteiger partial charge on any atom is -0.313 e. The van der Waals surface area contributed by atoms with Crippen molar-refractivity contribution in [3.8, 4) is 0 Å². The average Bonchev–Trinajstić information content (AvgIpc) is 2.70. The lowest BCUT2D eigenvalue weighted by molar-refractivity contribution is 0.0245. The maximum Gasteiger partial charge on any atom is 0.146 e. The Labute approximate surface area is 171 Å². The van der Waals surface area contributed by atoms with E-state index in [1.165, 1.54) is 5.57 Å². The van der Waals surface area contributed by atoms with Gasteiger partial charge in [-0.2, -0.15) is 0 Å². The highest BCUT2D eigenvalue weighted by Gasteiger charge is 2.47. The van der Waals surface area contributed by atoms with Gasteiger partial charge in [0.25, 0.3) is 0 Å². The molecule has 0 aromatic heterocycles. The van der Waals surface area contributed by atoms with Gasteiger partial charge in [-0.25, -0.2) is 0 Å². The summed E-state index contributed by atoms with van der Waals surface area (Å²) in [6.45, 7) is 14.3. The third-order valence-corrected chi connectivity index (χ3v) is 10.7. The van der Waals surface area contributed by atoms with Crippen molar-refractivity contribution in [2.24, 2.45) is 22.7 Å². The van der Waals surface area contributed by atoms with Gasteiger partial charge in [0.05, 0.1) is 0 Å². The van der Waals surface area contributed by atoms with Crippen molar-refractivity contribution < 1.29 is 4.57 Å². The average molecular weight is 395 g/mol. The summed E-state index contributed by atoms with van der Waals surface area (Å²) in [6, 6.07) is 20.0. The number of benzene rings is 2. The van der Waals surface area contributed by atoms with E-state index in [4.69, 9.17) is 0 Å². The fourth-order valence-corrected chi connectivity index (χ4v) is 7.28. The molecule has 0 saturated heterocycles. The SMILES string of the molecule is CC1C/C(=C/CP(=O)(c2ccccc2)c2ccccc2)C(C)(C)C(C)C1(C)C. The van der Waals surface area contributed by atoms with E-state index in [1.807, 2.05) is 60.7 Å². The standard InChI is InChI=1S/C26H35OP/c1-20-19-22(26(5,6)21(2)25(20,3)4)17-18-28(27,23-13-9-7-10-14-23)24-15-11-8-12-16-24/h7-17,20-21H,18-19H2,1-6H3/b22-17-. The third-order valence-electron chi connectivity index (χ3n) is 7.76. The van der Waals surface area contributed by atoms with Gasteiger partial charge >= 0.3 is 0 Å². The predicted octanol–water partition coefficient (Wildman–Crippen LogP) is 6.66. The molecule has 0 aliphatic heterocycles. The van der Waals surface area contributed by atoms with Gasteiger partial charge in [-0.15, -0.1) is 0 Å². The lowest BCUT2D eigenvalue weighted by Gasteiger charge is -2.53. The molecule has 1 aliphatic carbocycles. The van der Waals surface area contributed by atoms with Crippen LogP contribution >= 0.6 is 7.14 Å². The summed E-state index contributed by atoms with van der Waals surface area (Å²) in [5, 5.41) is 1.90. The summed E-state index contributed by atoms with van der Waals surface area (Å²) in [7, 11) is -2.70. The predicted molar refractivity (Wildman–Crippen MR) is 123 cm³/mol. The van der Waals surface area contributed by atoms with Crippen molar-refractivity contribution in [2.45, 2.75) is 48.0 Å². The second kappa shape index (κ2) is 7.68. The molecule has 1 fully saturated rings. The Morgan fingerprint density at radius 1 is 0.893 bits per heavy atom. The van der Waals surface area contributed by atoms with E-state index in [1.54, 1.807) is 0 Å². The van der Waals surface area contributed by atoms with Gasteiger partial charge in [0.1, 0.15) is 7.14 Å². The second-order valence-corrected chi connectivity index (χ2v) is 12.6. The summed E-state index contributed by atoms with van der Waals surface area (Å²) in [5.74, 6) is 1.19. The topological polar surface area (TPSA) is 17.1 Å². The molecule has 28 heavy (non-hydrogen) atoms. The van der Waals surface area contributed by atoms with Crippen LogP contribution in [0.1, 0.15) is 48.0 Å². The second-order valence-electron chi connectivity index (χ2n) is 9.69. The molecule has 0 spiro atoms. The molecule has 1 nitrogen and oxygen atoms in total. The fraction of sp³-hybridized carbons (Fsp3) is 0.462. The van der Waals surface area contributed by atoms with Crippen LogP contribution in [-0.2, 0) is 4.57 Å². The van der Waals surface area contributed by atoms with Gasteiger partial charge in [0.15, 0.2) is 0 Å². The van der Waals surface area contributed by atoms with E-state index in [0.717, 1.165) is 17.0 Å². The highest BCUT2D eigenvalue weighted by atomic mass is 31.2. The number of allylic oxidation sites excluding steroid dienone is 2. The van der Waals surface area contributed by atoms with Crippen molar-refractivity contribution in [2.75, 3.05) is 6.16 Å². The van der Waals surface area contributed by atoms with Crippen molar-refractivity contribution in [1.29, 1.82) is 0 Å². The number of rotatable bonds is 4. The van der Waals surface area contributed by atoms with Crippen molar-refractivity contribution in [3.63, 3.8) is 0 Å². The minimum atomic E-state index is -2.70. The Morgan fingerprint density at radius 3 is 1.82 bits per heavy atom. The molecule has 0 heterocycles. The van der Waals surface area contributed by atoms with Crippen molar-refractivity contribution in [1.82, 2.24) is 0 Å². The molecule has 150 valence electrons. The Balaban J connectivity index is 2.02. The molecule has 0 N–H and O–H groups in total. The lowest BCUT2D eigenvalue weighted by atomic mass is 9.52. The molecule has 1 aliphatic rings. The molecule has 3 rings (SSSR count). The van der Waals surface area contributed by atoms with Gasteiger partial charge in [-0.1, -0.05) is 114 Å². The Kier molecular flexibility index (Phi) is 5.79. The first kappa shape index (κ1) is 21.1. The van der Waals surface area contributed by atoms with Crippen molar-refractivity contribution in [3.05, 3.63) is 72.3 Å². The van der Waals surface area contributed by atoms with Gasteiger partial charge in [-0.05, 0) is 29.1 Å². The molecule has 2 aromatic rings. The maximum atomic E-state index is 14.3. The van der Waals surface area contributed by atoms with E-state index < -0.39 is 7.14 Å². The fourth-order valence-electron chi connectivity index (χ4n) is 4.77. The van der Waals surface area contributed by atoms with Gasteiger partial charge in [0.2, 0.25) is 0 Å². The quantitative estimate of drug-likeness (QED) is 0.419. The molecular formula is C26H35OP. The van der Waals surface area contributed by atoms with Crippen LogP contribution in [0, 0.1) is 22.7 Å². The minimum absolute atomic E-state index is 0.119. The number of hydrogen-bond donors (Lipinski definition) is 0. The van der Waals surface area contributed by atoms with Gasteiger partial charge in [-0.3, -0.25) is 0 Å². The van der Waals surface area contributed by atoms with Crippen LogP contribution in [-0.4, -0.2) is 6.16 Å². The smallest absolute Gasteiger partial charge is 0.146 e. The highest BCUT2D eigenvalue weighted by Crippen LogP contribution is 2.56. The first-order valence-electron chi connectivity index (χ1n) is 10.5. The summed E-state index contributed by atoms with van der Waals surface area (Å²) < 4.78 is 14.3. The molecule has 2 aromatic carbocycles. The highest BCUT2D eigenvalue weighted by molar-refractivity contribution is 7.78. The summed E-state index contributed by atoms with van der Waals surface area (Å²) in [4.78, 5) is 0. The molecule has 2 atom stereocenters. The molecule has 0 radical (unpaired) electrons. The summed E-state index contributed by atoms with van der Waals surface area (Å²) >= 11 is 0. The maximum absolute atomic E-state index is 14.3. The number of hydrogen-bond acceptors (Lipinski definition) is 1. The molecule has 2 heteroatoms. The van der Waals surface area contributed by atoms with Crippen LogP contribution < -0.4 is 10.6 Å². The first-order valence-corrected chi connectivity index (χ1v) is 12.4. The van der Waals surface area contributed by atoms with Crippen LogP contribution in [0.3, 0.4) is 0 Å². The Bertz CT molecular complexity index is 834. The molecule has 2 unspecified atom stereocenters. The van der Waals surface area contributed by atoms with Crippen LogP contribution in [0.2, 0.25) is 0 Å². The van der Waals surface area contributed by atoms with E-state index in [9.17, 15) is 4.57 Å². The zero-order chi connectivity index (χ0) is 20.6. The lowest BCUT2D eigenvalue weighted by Crippen LogP contribution is -2.45. The summed E-state index contributed by atoms with van der Waals surface area (Å²) in [6.07, 6.45) is 4.01. The zero-order valence-corrected chi connectivity index (χ0v) is 19.2. The van der Waals surface area contributed by atoms with Gasteiger partial charge in [0, 0.05) is 16.8 Å². The summed E-state index contributed by atoms with van der Waals surface area (Å²) in [5.41, 5.74) is 1.90. The van der Waals surface area contributed by atoms with E-state index >= 15 is 0 Å². The molecular weight excluding hydrogens is 359 g/mol. The molecule has 0 amide bonds.